The van der Waals surface area contributed by atoms with Gasteiger partial charge in [0, 0.05) is 38.0 Å². The van der Waals surface area contributed by atoms with Crippen molar-refractivity contribution in [2.45, 2.75) is 31.4 Å². The summed E-state index contributed by atoms with van der Waals surface area (Å²) in [5, 5.41) is 3.05. The number of hydrogen-bond acceptors (Lipinski definition) is 3. The van der Waals surface area contributed by atoms with Crippen LogP contribution in [0.2, 0.25) is 0 Å². The molecule has 3 rings (SSSR count). The number of rotatable bonds is 6. The SMILES string of the molecule is COC[C@@H]1[C@@H](NC(=O)CCc2ccc(F)c(F)c2)[C@@H]2CCO[C@H]12. The summed E-state index contributed by atoms with van der Waals surface area (Å²) in [6.45, 7) is 1.30. The lowest BCUT2D eigenvalue weighted by atomic mass is 9.67. The number of carbonyl (C=O) groups excluding carboxylic acids is 1. The minimum atomic E-state index is -0.881. The maximum absolute atomic E-state index is 13.2. The molecule has 4 nitrogen and oxygen atoms in total. The summed E-state index contributed by atoms with van der Waals surface area (Å²) in [7, 11) is 1.64. The van der Waals surface area contributed by atoms with E-state index in [2.05, 4.69) is 5.32 Å². The van der Waals surface area contributed by atoms with Gasteiger partial charge in [-0.15, -0.1) is 0 Å². The molecule has 0 aromatic heterocycles. The molecule has 1 aliphatic carbocycles. The lowest BCUT2D eigenvalue weighted by Gasteiger charge is -2.47. The first-order valence-corrected chi connectivity index (χ1v) is 7.94. The largest absolute Gasteiger partial charge is 0.384 e. The second-order valence-corrected chi connectivity index (χ2v) is 6.25. The van der Waals surface area contributed by atoms with Gasteiger partial charge in [-0.25, -0.2) is 8.78 Å². The van der Waals surface area contributed by atoms with Gasteiger partial charge >= 0.3 is 0 Å². The van der Waals surface area contributed by atoms with Crippen molar-refractivity contribution in [3.63, 3.8) is 0 Å². The van der Waals surface area contributed by atoms with Crippen LogP contribution in [0.1, 0.15) is 18.4 Å². The average Bonchev–Trinajstić information content (AvgIpc) is 2.96. The van der Waals surface area contributed by atoms with Crippen LogP contribution in [0.3, 0.4) is 0 Å². The summed E-state index contributed by atoms with van der Waals surface area (Å²) in [4.78, 5) is 12.1. The van der Waals surface area contributed by atoms with Crippen molar-refractivity contribution >= 4 is 5.91 Å². The number of fused-ring (bicyclic) bond motifs is 1. The van der Waals surface area contributed by atoms with Crippen molar-refractivity contribution in [2.75, 3.05) is 20.3 Å². The molecule has 0 spiro atoms. The molecule has 23 heavy (non-hydrogen) atoms. The van der Waals surface area contributed by atoms with E-state index < -0.39 is 11.6 Å². The third kappa shape index (κ3) is 3.38. The van der Waals surface area contributed by atoms with Crippen LogP contribution in [0.25, 0.3) is 0 Å². The fourth-order valence-electron chi connectivity index (χ4n) is 3.65. The second kappa shape index (κ2) is 6.93. The average molecular weight is 325 g/mol. The summed E-state index contributed by atoms with van der Waals surface area (Å²) >= 11 is 0. The molecule has 0 unspecified atom stereocenters. The minimum Gasteiger partial charge on any atom is -0.384 e. The molecule has 1 N–H and O–H groups in total. The fourth-order valence-corrected chi connectivity index (χ4v) is 3.65. The number of amides is 1. The minimum absolute atomic E-state index is 0.0776. The molecule has 1 aromatic rings. The highest BCUT2D eigenvalue weighted by molar-refractivity contribution is 5.76. The molecule has 0 bridgehead atoms. The lowest BCUT2D eigenvalue weighted by molar-refractivity contribution is -0.129. The van der Waals surface area contributed by atoms with Gasteiger partial charge in [0.2, 0.25) is 5.91 Å². The van der Waals surface area contributed by atoms with Gasteiger partial charge in [-0.3, -0.25) is 4.79 Å². The molecule has 1 aliphatic heterocycles. The molecule has 2 fully saturated rings. The van der Waals surface area contributed by atoms with Gasteiger partial charge < -0.3 is 14.8 Å². The van der Waals surface area contributed by atoms with Crippen molar-refractivity contribution in [3.8, 4) is 0 Å². The Bertz CT molecular complexity index is 581. The number of carbonyl (C=O) groups is 1. The zero-order chi connectivity index (χ0) is 16.4. The van der Waals surface area contributed by atoms with Crippen LogP contribution in [-0.2, 0) is 20.7 Å². The summed E-state index contributed by atoms with van der Waals surface area (Å²) in [5.74, 6) is -1.27. The van der Waals surface area contributed by atoms with Gasteiger partial charge in [0.15, 0.2) is 11.6 Å². The molecular formula is C17H21F2NO3. The van der Waals surface area contributed by atoms with E-state index >= 15 is 0 Å². The second-order valence-electron chi connectivity index (χ2n) is 6.25. The van der Waals surface area contributed by atoms with Crippen LogP contribution in [0.4, 0.5) is 8.78 Å². The van der Waals surface area contributed by atoms with E-state index in [0.717, 1.165) is 25.2 Å². The quantitative estimate of drug-likeness (QED) is 0.871. The predicted molar refractivity (Wildman–Crippen MR) is 79.8 cm³/mol. The van der Waals surface area contributed by atoms with E-state index in [1.165, 1.54) is 6.07 Å². The first kappa shape index (κ1) is 16.3. The molecule has 4 atom stereocenters. The Kier molecular flexibility index (Phi) is 4.92. The van der Waals surface area contributed by atoms with Crippen molar-refractivity contribution in [3.05, 3.63) is 35.4 Å². The van der Waals surface area contributed by atoms with E-state index in [-0.39, 0.29) is 30.4 Å². The molecule has 126 valence electrons. The number of aryl methyl sites for hydroxylation is 1. The molecule has 1 saturated carbocycles. The Hall–Kier alpha value is -1.53. The maximum Gasteiger partial charge on any atom is 0.220 e. The molecule has 1 amide bonds. The first-order chi connectivity index (χ1) is 11.1. The maximum atomic E-state index is 13.2. The third-order valence-corrected chi connectivity index (χ3v) is 4.84. The number of benzene rings is 1. The Morgan fingerprint density at radius 1 is 1.39 bits per heavy atom. The van der Waals surface area contributed by atoms with Crippen LogP contribution in [0.5, 0.6) is 0 Å². The zero-order valence-electron chi connectivity index (χ0n) is 13.1. The highest BCUT2D eigenvalue weighted by atomic mass is 19.2. The number of nitrogens with one attached hydrogen (secondary N) is 1. The summed E-state index contributed by atoms with van der Waals surface area (Å²) in [6.07, 6.45) is 1.78. The number of ether oxygens (including phenoxy) is 2. The third-order valence-electron chi connectivity index (χ3n) is 4.84. The standard InChI is InChI=1S/C17H21F2NO3/c1-22-9-12-16(11-6-7-23-17(11)12)20-15(21)5-3-10-2-4-13(18)14(19)8-10/h2,4,8,11-12,16-17H,3,5-7,9H2,1H3,(H,20,21)/t11-,12+,16-,17-/m0/s1. The van der Waals surface area contributed by atoms with E-state index in [1.807, 2.05) is 0 Å². The first-order valence-electron chi connectivity index (χ1n) is 7.94. The monoisotopic (exact) mass is 325 g/mol. The number of methoxy groups -OCH3 is 1. The van der Waals surface area contributed by atoms with E-state index in [1.54, 1.807) is 7.11 Å². The molecule has 2 aliphatic rings. The summed E-state index contributed by atoms with van der Waals surface area (Å²) in [6, 6.07) is 3.81. The summed E-state index contributed by atoms with van der Waals surface area (Å²) < 4.78 is 36.9. The van der Waals surface area contributed by atoms with Gasteiger partial charge in [-0.05, 0) is 30.5 Å². The van der Waals surface area contributed by atoms with Gasteiger partial charge in [-0.2, -0.15) is 0 Å². The van der Waals surface area contributed by atoms with Crippen LogP contribution < -0.4 is 5.32 Å². The fraction of sp³-hybridized carbons (Fsp3) is 0.588. The normalized spacial score (nSPS) is 29.0. The predicted octanol–water partition coefficient (Wildman–Crippen LogP) is 2.06. The van der Waals surface area contributed by atoms with Gasteiger partial charge in [0.1, 0.15) is 0 Å². The zero-order valence-corrected chi connectivity index (χ0v) is 13.1. The van der Waals surface area contributed by atoms with Crippen molar-refractivity contribution in [1.82, 2.24) is 5.32 Å². The van der Waals surface area contributed by atoms with Crippen LogP contribution in [0, 0.1) is 23.5 Å². The van der Waals surface area contributed by atoms with Gasteiger partial charge in [0.05, 0.1) is 12.7 Å². The van der Waals surface area contributed by atoms with E-state index in [9.17, 15) is 13.6 Å². The lowest BCUT2D eigenvalue weighted by Crippen LogP contribution is -2.62. The Balaban J connectivity index is 1.51. The molecule has 1 aromatic carbocycles. The molecule has 1 saturated heterocycles. The number of hydrogen-bond donors (Lipinski definition) is 1. The van der Waals surface area contributed by atoms with E-state index in [4.69, 9.17) is 9.47 Å². The van der Waals surface area contributed by atoms with Crippen LogP contribution in [0.15, 0.2) is 18.2 Å². The highest BCUT2D eigenvalue weighted by Gasteiger charge is 2.54. The van der Waals surface area contributed by atoms with Crippen molar-refractivity contribution < 1.29 is 23.0 Å². The van der Waals surface area contributed by atoms with Gasteiger partial charge in [-0.1, -0.05) is 6.07 Å². The smallest absolute Gasteiger partial charge is 0.220 e. The molecule has 6 heteroatoms. The molecule has 1 heterocycles. The van der Waals surface area contributed by atoms with Gasteiger partial charge in [0.25, 0.3) is 0 Å². The van der Waals surface area contributed by atoms with Crippen LogP contribution in [-0.4, -0.2) is 38.4 Å². The number of halogens is 2. The van der Waals surface area contributed by atoms with Crippen LogP contribution >= 0.6 is 0 Å². The van der Waals surface area contributed by atoms with Crippen molar-refractivity contribution in [2.24, 2.45) is 11.8 Å². The highest BCUT2D eigenvalue weighted by Crippen LogP contribution is 2.43. The van der Waals surface area contributed by atoms with Crippen molar-refractivity contribution in [1.29, 1.82) is 0 Å². The van der Waals surface area contributed by atoms with E-state index in [0.29, 0.717) is 24.5 Å². The molecule has 0 radical (unpaired) electrons. The Morgan fingerprint density at radius 3 is 2.96 bits per heavy atom. The Morgan fingerprint density at radius 2 is 2.22 bits per heavy atom. The topological polar surface area (TPSA) is 47.6 Å². The Labute approximate surface area is 134 Å². The summed E-state index contributed by atoms with van der Waals surface area (Å²) in [5.41, 5.74) is 0.614. The molecular weight excluding hydrogens is 304 g/mol.